The van der Waals surface area contributed by atoms with Crippen LogP contribution < -0.4 is 17.0 Å². The highest BCUT2D eigenvalue weighted by molar-refractivity contribution is 5.81. The number of H-pyrrole nitrogens is 1. The van der Waals surface area contributed by atoms with E-state index < -0.39 is 42.4 Å². The van der Waals surface area contributed by atoms with Crippen molar-refractivity contribution in [1.29, 1.82) is 0 Å². The fourth-order valence-corrected chi connectivity index (χ4v) is 4.54. The summed E-state index contributed by atoms with van der Waals surface area (Å²) in [5.41, 5.74) is 12.3. The second-order valence-corrected chi connectivity index (χ2v) is 8.79. The molecule has 7 N–H and O–H groups in total. The van der Waals surface area contributed by atoms with E-state index in [9.17, 15) is 15.0 Å². The number of aromatic nitrogens is 8. The van der Waals surface area contributed by atoms with Gasteiger partial charge in [-0.15, -0.1) is 0 Å². The first-order chi connectivity index (χ1) is 17.9. The van der Waals surface area contributed by atoms with Gasteiger partial charge in [-0.1, -0.05) is 0 Å². The molecule has 0 saturated carbocycles. The number of hydrogen-bond donors (Lipinski definition) is 5. The van der Waals surface area contributed by atoms with E-state index in [4.69, 9.17) is 30.7 Å². The molecule has 6 atom stereocenters. The van der Waals surface area contributed by atoms with Gasteiger partial charge in [0, 0.05) is 12.8 Å². The number of anilines is 2. The van der Waals surface area contributed by atoms with Gasteiger partial charge in [0.15, 0.2) is 22.6 Å². The standard InChI is InChI=1S/C20H24N10O7/c21-16-14-17(24-5-23-16)29(6-25-14)12-1-8(31)10(36-12)3-34-35-4-11-9(32)2-13(37-11)30-7-26-15-18(30)27-20(22)28-19(15)33/h5-13,31-32H,1-4H2,(H2,21,23,24)(H3,22,27,28,33)/t8-,9-,10+,11+,12+,13+/m0/s1. The lowest BCUT2D eigenvalue weighted by molar-refractivity contribution is -0.323. The monoisotopic (exact) mass is 516 g/mol. The minimum Gasteiger partial charge on any atom is -0.390 e. The van der Waals surface area contributed by atoms with Crippen LogP contribution in [0.4, 0.5) is 11.8 Å². The molecule has 0 amide bonds. The Morgan fingerprint density at radius 3 is 2.16 bits per heavy atom. The van der Waals surface area contributed by atoms with Crippen molar-refractivity contribution >= 4 is 34.1 Å². The Hall–Kier alpha value is -3.74. The van der Waals surface area contributed by atoms with E-state index in [-0.39, 0.29) is 49.0 Å². The Morgan fingerprint density at radius 1 is 0.919 bits per heavy atom. The van der Waals surface area contributed by atoms with Gasteiger partial charge >= 0.3 is 0 Å². The molecule has 0 unspecified atom stereocenters. The highest BCUT2D eigenvalue weighted by atomic mass is 17.2. The summed E-state index contributed by atoms with van der Waals surface area (Å²) in [6, 6.07) is 0. The minimum absolute atomic E-state index is 0.0525. The molecule has 4 aromatic rings. The summed E-state index contributed by atoms with van der Waals surface area (Å²) in [6.07, 6.45) is 0.543. The Morgan fingerprint density at radius 2 is 1.51 bits per heavy atom. The van der Waals surface area contributed by atoms with Crippen LogP contribution in [-0.2, 0) is 19.2 Å². The van der Waals surface area contributed by atoms with Gasteiger partial charge in [-0.3, -0.25) is 18.9 Å². The van der Waals surface area contributed by atoms with Crippen LogP contribution in [0.2, 0.25) is 0 Å². The average molecular weight is 516 g/mol. The summed E-state index contributed by atoms with van der Waals surface area (Å²) in [6.45, 7) is -0.152. The number of ether oxygens (including phenoxy) is 2. The van der Waals surface area contributed by atoms with Gasteiger partial charge in [-0.25, -0.2) is 29.7 Å². The molecule has 2 aliphatic rings. The van der Waals surface area contributed by atoms with E-state index >= 15 is 0 Å². The number of nitrogens with one attached hydrogen (secondary N) is 1. The molecule has 17 heteroatoms. The Labute approximate surface area is 206 Å². The third-order valence-corrected chi connectivity index (χ3v) is 6.41. The largest absolute Gasteiger partial charge is 0.390 e. The summed E-state index contributed by atoms with van der Waals surface area (Å²) in [5, 5.41) is 20.9. The normalized spacial score (nSPS) is 28.1. The molecular weight excluding hydrogens is 492 g/mol. The number of fused-ring (bicyclic) bond motifs is 2. The summed E-state index contributed by atoms with van der Waals surface area (Å²) in [4.78, 5) is 45.4. The molecule has 0 radical (unpaired) electrons. The molecule has 0 aliphatic carbocycles. The quantitative estimate of drug-likeness (QED) is 0.105. The number of aromatic amines is 1. The van der Waals surface area contributed by atoms with Gasteiger partial charge in [-0.2, -0.15) is 4.98 Å². The van der Waals surface area contributed by atoms with Crippen LogP contribution in [0.25, 0.3) is 22.3 Å². The van der Waals surface area contributed by atoms with Crippen molar-refractivity contribution in [2.75, 3.05) is 24.7 Å². The number of aliphatic hydroxyl groups is 2. The van der Waals surface area contributed by atoms with Crippen molar-refractivity contribution in [2.45, 2.75) is 49.7 Å². The van der Waals surface area contributed by atoms with Gasteiger partial charge in [0.25, 0.3) is 5.56 Å². The maximum atomic E-state index is 12.0. The Balaban J connectivity index is 1.02. The lowest BCUT2D eigenvalue weighted by atomic mass is 10.2. The minimum atomic E-state index is -0.868. The van der Waals surface area contributed by atoms with E-state index in [1.54, 1.807) is 4.57 Å². The molecule has 2 saturated heterocycles. The highest BCUT2D eigenvalue weighted by Gasteiger charge is 2.38. The zero-order chi connectivity index (χ0) is 25.7. The predicted molar refractivity (Wildman–Crippen MR) is 123 cm³/mol. The van der Waals surface area contributed by atoms with Crippen molar-refractivity contribution in [3.63, 3.8) is 0 Å². The predicted octanol–water partition coefficient (Wildman–Crippen LogP) is -1.63. The fourth-order valence-electron chi connectivity index (χ4n) is 4.54. The molecule has 4 aromatic heterocycles. The molecule has 37 heavy (non-hydrogen) atoms. The molecule has 0 aromatic carbocycles. The number of imidazole rings is 2. The molecule has 196 valence electrons. The first-order valence-corrected chi connectivity index (χ1v) is 11.5. The third-order valence-electron chi connectivity index (χ3n) is 6.41. The molecule has 6 heterocycles. The first-order valence-electron chi connectivity index (χ1n) is 11.5. The fraction of sp³-hybridized carbons (Fsp3) is 0.500. The summed E-state index contributed by atoms with van der Waals surface area (Å²) in [7, 11) is 0. The number of nitrogen functional groups attached to an aromatic ring is 2. The highest BCUT2D eigenvalue weighted by Crippen LogP contribution is 2.32. The van der Waals surface area contributed by atoms with Crippen LogP contribution in [0.5, 0.6) is 0 Å². The molecule has 2 fully saturated rings. The zero-order valence-electron chi connectivity index (χ0n) is 19.2. The van der Waals surface area contributed by atoms with Crippen molar-refractivity contribution in [1.82, 2.24) is 39.0 Å². The van der Waals surface area contributed by atoms with Crippen LogP contribution in [-0.4, -0.2) is 86.9 Å². The lowest BCUT2D eigenvalue weighted by Gasteiger charge is -2.17. The van der Waals surface area contributed by atoms with E-state index in [0.29, 0.717) is 11.2 Å². The summed E-state index contributed by atoms with van der Waals surface area (Å²) < 4.78 is 15.0. The van der Waals surface area contributed by atoms with Gasteiger partial charge in [0.05, 0.1) is 24.9 Å². The molecule has 17 nitrogen and oxygen atoms in total. The second kappa shape index (κ2) is 9.29. The van der Waals surface area contributed by atoms with Gasteiger partial charge in [-0.05, 0) is 0 Å². The van der Waals surface area contributed by atoms with Crippen molar-refractivity contribution in [2.24, 2.45) is 0 Å². The molecule has 2 aliphatic heterocycles. The van der Waals surface area contributed by atoms with E-state index in [1.807, 2.05) is 0 Å². The van der Waals surface area contributed by atoms with E-state index in [1.165, 1.54) is 23.5 Å². The summed E-state index contributed by atoms with van der Waals surface area (Å²) in [5.74, 6) is 0.202. The maximum absolute atomic E-state index is 12.0. The zero-order valence-corrected chi connectivity index (χ0v) is 19.2. The van der Waals surface area contributed by atoms with Crippen LogP contribution in [0.3, 0.4) is 0 Å². The topological polar surface area (TPSA) is 237 Å². The average Bonchev–Trinajstić information content (AvgIpc) is 3.63. The maximum Gasteiger partial charge on any atom is 0.280 e. The smallest absolute Gasteiger partial charge is 0.280 e. The van der Waals surface area contributed by atoms with Crippen molar-refractivity contribution < 1.29 is 29.5 Å². The van der Waals surface area contributed by atoms with Gasteiger partial charge < -0.3 is 31.2 Å². The molecule has 6 rings (SSSR count). The second-order valence-electron chi connectivity index (χ2n) is 8.79. The van der Waals surface area contributed by atoms with Gasteiger partial charge in [0.2, 0.25) is 5.95 Å². The molecular formula is C20H24N10O7. The number of rotatable bonds is 7. The number of hydrogen-bond acceptors (Lipinski definition) is 14. The van der Waals surface area contributed by atoms with Crippen molar-refractivity contribution in [3.05, 3.63) is 29.3 Å². The lowest BCUT2D eigenvalue weighted by Crippen LogP contribution is -2.30. The van der Waals surface area contributed by atoms with Crippen LogP contribution >= 0.6 is 0 Å². The van der Waals surface area contributed by atoms with Crippen molar-refractivity contribution in [3.8, 4) is 0 Å². The Bertz CT molecular complexity index is 1490. The number of nitrogens with two attached hydrogens (primary N) is 2. The molecule has 0 spiro atoms. The van der Waals surface area contributed by atoms with E-state index in [0.717, 1.165) is 0 Å². The number of nitrogens with zero attached hydrogens (tertiary/aromatic N) is 7. The number of aliphatic hydroxyl groups excluding tert-OH is 2. The van der Waals surface area contributed by atoms with Crippen LogP contribution in [0.15, 0.2) is 23.8 Å². The Kier molecular flexibility index (Phi) is 5.94. The molecule has 0 bridgehead atoms. The SMILES string of the molecule is Nc1nc2c(ncn2[C@H]2C[C@H](O)[C@@H](COOC[C@H]3O[C@@H](n4cnc5c(N)ncnc54)C[C@@H]3O)O2)c(=O)[nH]1. The first kappa shape index (κ1) is 23.6. The third kappa shape index (κ3) is 4.26. The van der Waals surface area contributed by atoms with E-state index in [2.05, 4.69) is 29.9 Å². The van der Waals surface area contributed by atoms with Crippen LogP contribution in [0.1, 0.15) is 25.3 Å². The summed E-state index contributed by atoms with van der Waals surface area (Å²) >= 11 is 0. The van der Waals surface area contributed by atoms with Crippen LogP contribution in [0, 0.1) is 0 Å². The van der Waals surface area contributed by atoms with Gasteiger partial charge in [0.1, 0.15) is 49.7 Å².